The first kappa shape index (κ1) is 8.77. The van der Waals surface area contributed by atoms with Crippen LogP contribution in [-0.2, 0) is 6.54 Å². The van der Waals surface area contributed by atoms with Crippen molar-refractivity contribution in [3.05, 3.63) is 17.0 Å². The van der Waals surface area contributed by atoms with E-state index >= 15 is 0 Å². The third-order valence-corrected chi connectivity index (χ3v) is 1.89. The van der Waals surface area contributed by atoms with E-state index < -0.39 is 5.97 Å². The van der Waals surface area contributed by atoms with Crippen LogP contribution >= 0.6 is 0 Å². The first-order valence-corrected chi connectivity index (χ1v) is 3.83. The SMILES string of the molecule is CCn1nc(C)c(C(=O)[O-])c1C. The highest BCUT2D eigenvalue weighted by molar-refractivity contribution is 5.88. The summed E-state index contributed by atoms with van der Waals surface area (Å²) in [6.07, 6.45) is 0. The van der Waals surface area contributed by atoms with E-state index in [0.29, 0.717) is 17.9 Å². The second kappa shape index (κ2) is 2.97. The van der Waals surface area contributed by atoms with Gasteiger partial charge in [0.2, 0.25) is 0 Å². The van der Waals surface area contributed by atoms with Gasteiger partial charge in [-0.05, 0) is 20.8 Å². The van der Waals surface area contributed by atoms with Crippen LogP contribution in [0.1, 0.15) is 28.7 Å². The van der Waals surface area contributed by atoms with Crippen molar-refractivity contribution in [3.8, 4) is 0 Å². The fourth-order valence-corrected chi connectivity index (χ4v) is 1.30. The molecule has 0 aromatic carbocycles. The quantitative estimate of drug-likeness (QED) is 0.617. The van der Waals surface area contributed by atoms with Crippen LogP contribution in [0.2, 0.25) is 0 Å². The van der Waals surface area contributed by atoms with Crippen molar-refractivity contribution in [2.45, 2.75) is 27.3 Å². The summed E-state index contributed by atoms with van der Waals surface area (Å²) in [5, 5.41) is 14.7. The van der Waals surface area contributed by atoms with Crippen molar-refractivity contribution in [2.24, 2.45) is 0 Å². The fraction of sp³-hybridized carbons (Fsp3) is 0.500. The molecule has 4 heteroatoms. The van der Waals surface area contributed by atoms with Gasteiger partial charge in [0, 0.05) is 17.8 Å². The lowest BCUT2D eigenvalue weighted by Gasteiger charge is -2.02. The Morgan fingerprint density at radius 3 is 2.42 bits per heavy atom. The molecule has 0 radical (unpaired) electrons. The molecule has 0 saturated heterocycles. The summed E-state index contributed by atoms with van der Waals surface area (Å²) in [6.45, 7) is 6.00. The molecule has 12 heavy (non-hydrogen) atoms. The average Bonchev–Trinajstić information content (AvgIpc) is 2.25. The highest BCUT2D eigenvalue weighted by Crippen LogP contribution is 2.11. The Bertz CT molecular complexity index is 315. The molecule has 0 atom stereocenters. The third kappa shape index (κ3) is 1.20. The van der Waals surface area contributed by atoms with Crippen molar-refractivity contribution in [1.82, 2.24) is 9.78 Å². The molecule has 0 bridgehead atoms. The molecule has 0 aliphatic heterocycles. The number of carbonyl (C=O) groups is 1. The smallest absolute Gasteiger partial charge is 0.0752 e. The normalized spacial score (nSPS) is 10.2. The number of hydrogen-bond donors (Lipinski definition) is 0. The summed E-state index contributed by atoms with van der Waals surface area (Å²) in [4.78, 5) is 10.6. The van der Waals surface area contributed by atoms with E-state index in [9.17, 15) is 9.90 Å². The van der Waals surface area contributed by atoms with E-state index in [-0.39, 0.29) is 5.56 Å². The minimum absolute atomic E-state index is 0.219. The molecule has 1 rings (SSSR count). The van der Waals surface area contributed by atoms with Gasteiger partial charge in [0.15, 0.2) is 0 Å². The molecule has 0 unspecified atom stereocenters. The van der Waals surface area contributed by atoms with Crippen molar-refractivity contribution >= 4 is 5.97 Å². The van der Waals surface area contributed by atoms with E-state index in [2.05, 4.69) is 5.10 Å². The highest BCUT2D eigenvalue weighted by atomic mass is 16.4. The molecule has 0 saturated carbocycles. The zero-order valence-corrected chi connectivity index (χ0v) is 7.42. The number of aromatic carboxylic acids is 1. The maximum absolute atomic E-state index is 10.6. The third-order valence-electron chi connectivity index (χ3n) is 1.89. The van der Waals surface area contributed by atoms with Crippen LogP contribution in [0, 0.1) is 13.8 Å². The number of hydrogen-bond acceptors (Lipinski definition) is 3. The van der Waals surface area contributed by atoms with Crippen LogP contribution < -0.4 is 5.11 Å². The second-order valence-electron chi connectivity index (χ2n) is 2.65. The van der Waals surface area contributed by atoms with Crippen molar-refractivity contribution in [1.29, 1.82) is 0 Å². The van der Waals surface area contributed by atoms with Gasteiger partial charge in [0.1, 0.15) is 0 Å². The van der Waals surface area contributed by atoms with Crippen molar-refractivity contribution in [3.63, 3.8) is 0 Å². The lowest BCUT2D eigenvalue weighted by Crippen LogP contribution is -2.23. The molecular formula is C8H11N2O2-. The van der Waals surface area contributed by atoms with E-state index in [1.165, 1.54) is 0 Å². The van der Waals surface area contributed by atoms with E-state index in [0.717, 1.165) is 0 Å². The molecule has 0 N–H and O–H groups in total. The molecule has 66 valence electrons. The first-order chi connectivity index (χ1) is 5.57. The fourth-order valence-electron chi connectivity index (χ4n) is 1.30. The summed E-state index contributed by atoms with van der Waals surface area (Å²) in [5.41, 5.74) is 1.40. The lowest BCUT2D eigenvalue weighted by molar-refractivity contribution is -0.255. The number of carboxylic acid groups (broad SMARTS) is 1. The molecule has 0 amide bonds. The van der Waals surface area contributed by atoms with Gasteiger partial charge >= 0.3 is 0 Å². The summed E-state index contributed by atoms with van der Waals surface area (Å²) >= 11 is 0. The first-order valence-electron chi connectivity index (χ1n) is 3.83. The zero-order valence-electron chi connectivity index (χ0n) is 7.42. The molecule has 1 aromatic rings. The molecule has 0 spiro atoms. The van der Waals surface area contributed by atoms with E-state index in [1.807, 2.05) is 6.92 Å². The van der Waals surface area contributed by atoms with Gasteiger partial charge in [0.05, 0.1) is 11.7 Å². The van der Waals surface area contributed by atoms with Crippen molar-refractivity contribution < 1.29 is 9.90 Å². The minimum Gasteiger partial charge on any atom is -0.545 e. The lowest BCUT2D eigenvalue weighted by atomic mass is 10.2. The monoisotopic (exact) mass is 167 g/mol. The van der Waals surface area contributed by atoms with Crippen molar-refractivity contribution in [2.75, 3.05) is 0 Å². The van der Waals surface area contributed by atoms with E-state index in [1.54, 1.807) is 18.5 Å². The number of carbonyl (C=O) groups excluding carboxylic acids is 1. The van der Waals surface area contributed by atoms with Crippen LogP contribution in [0.5, 0.6) is 0 Å². The summed E-state index contributed by atoms with van der Waals surface area (Å²) in [5.74, 6) is -1.15. The Labute approximate surface area is 70.8 Å². The van der Waals surface area contributed by atoms with Crippen LogP contribution in [-0.4, -0.2) is 15.7 Å². The van der Waals surface area contributed by atoms with Crippen LogP contribution in [0.25, 0.3) is 0 Å². The largest absolute Gasteiger partial charge is 0.545 e. The van der Waals surface area contributed by atoms with Gasteiger partial charge < -0.3 is 9.90 Å². The summed E-state index contributed by atoms with van der Waals surface area (Å²) < 4.78 is 1.65. The summed E-state index contributed by atoms with van der Waals surface area (Å²) in [6, 6.07) is 0. The van der Waals surface area contributed by atoms with Crippen LogP contribution in [0.15, 0.2) is 0 Å². The number of rotatable bonds is 2. The van der Waals surface area contributed by atoms with Crippen LogP contribution in [0.4, 0.5) is 0 Å². The molecule has 0 aliphatic carbocycles. The van der Waals surface area contributed by atoms with Gasteiger partial charge in [-0.15, -0.1) is 0 Å². The van der Waals surface area contributed by atoms with Gasteiger partial charge in [-0.1, -0.05) is 0 Å². The Morgan fingerprint density at radius 2 is 2.17 bits per heavy atom. The Balaban J connectivity index is 3.28. The number of aryl methyl sites for hydroxylation is 2. The Morgan fingerprint density at radius 1 is 1.58 bits per heavy atom. The van der Waals surface area contributed by atoms with E-state index in [4.69, 9.17) is 0 Å². The average molecular weight is 167 g/mol. The molecule has 1 aromatic heterocycles. The standard InChI is InChI=1S/C8H12N2O2/c1-4-10-6(3)7(8(11)12)5(2)9-10/h4H2,1-3H3,(H,11,12)/p-1. The molecular weight excluding hydrogens is 156 g/mol. The number of nitrogens with zero attached hydrogens (tertiary/aromatic N) is 2. The van der Waals surface area contributed by atoms with Gasteiger partial charge in [-0.2, -0.15) is 5.10 Å². The topological polar surface area (TPSA) is 58.0 Å². The zero-order chi connectivity index (χ0) is 9.30. The van der Waals surface area contributed by atoms with Gasteiger partial charge in [-0.25, -0.2) is 0 Å². The predicted molar refractivity (Wildman–Crippen MR) is 41.7 cm³/mol. The van der Waals surface area contributed by atoms with Gasteiger partial charge in [0.25, 0.3) is 0 Å². The Kier molecular flexibility index (Phi) is 2.17. The minimum atomic E-state index is -1.15. The molecule has 0 aliphatic rings. The molecule has 1 heterocycles. The molecule has 0 fully saturated rings. The maximum Gasteiger partial charge on any atom is 0.0752 e. The predicted octanol–water partition coefficient (Wildman–Crippen LogP) is -0.117. The Hall–Kier alpha value is -1.32. The number of aromatic nitrogens is 2. The van der Waals surface area contributed by atoms with Crippen LogP contribution in [0.3, 0.4) is 0 Å². The summed E-state index contributed by atoms with van der Waals surface area (Å²) in [7, 11) is 0. The maximum atomic E-state index is 10.6. The highest BCUT2D eigenvalue weighted by Gasteiger charge is 2.10. The number of carboxylic acids is 1. The second-order valence-corrected chi connectivity index (χ2v) is 2.65. The van der Waals surface area contributed by atoms with Gasteiger partial charge in [-0.3, -0.25) is 4.68 Å². The molecule has 4 nitrogen and oxygen atoms in total.